The molecule has 156 valence electrons. The lowest BCUT2D eigenvalue weighted by Gasteiger charge is -2.27. The largest absolute Gasteiger partial charge is 0.492 e. The molecular weight excluding hydrogens is 384 g/mol. The van der Waals surface area contributed by atoms with Gasteiger partial charge in [-0.2, -0.15) is 0 Å². The van der Waals surface area contributed by atoms with Crippen LogP contribution in [0.2, 0.25) is 0 Å². The van der Waals surface area contributed by atoms with Crippen molar-refractivity contribution in [2.45, 2.75) is 25.3 Å². The first-order chi connectivity index (χ1) is 13.9. The highest BCUT2D eigenvalue weighted by atomic mass is 19.1. The van der Waals surface area contributed by atoms with Crippen LogP contribution in [-0.2, 0) is 0 Å². The third-order valence-electron chi connectivity index (χ3n) is 6.04. The number of carboxylic acid groups (broad SMARTS) is 1. The highest BCUT2D eigenvalue weighted by Gasteiger charge is 2.40. The minimum Gasteiger partial charge on any atom is -0.492 e. The number of rotatable bonds is 6. The topological polar surface area (TPSA) is 97.8 Å². The number of pyridine rings is 1. The van der Waals surface area contributed by atoms with Crippen LogP contribution in [0, 0.1) is 11.2 Å². The van der Waals surface area contributed by atoms with Gasteiger partial charge in [-0.25, -0.2) is 9.18 Å². The zero-order chi connectivity index (χ0) is 20.9. The second kappa shape index (κ2) is 6.98. The molecule has 1 aliphatic heterocycles. The van der Waals surface area contributed by atoms with E-state index in [1.165, 1.54) is 13.3 Å². The van der Waals surface area contributed by atoms with E-state index < -0.39 is 34.9 Å². The Kier molecular flexibility index (Phi) is 4.72. The van der Waals surface area contributed by atoms with Crippen LogP contribution in [0.5, 0.6) is 5.75 Å². The van der Waals surface area contributed by atoms with Crippen molar-refractivity contribution in [1.29, 1.82) is 0 Å². The van der Waals surface area contributed by atoms with Gasteiger partial charge in [-0.15, -0.1) is 0 Å². The van der Waals surface area contributed by atoms with Crippen LogP contribution in [-0.4, -0.2) is 49.1 Å². The van der Waals surface area contributed by atoms with Crippen molar-refractivity contribution in [2.24, 2.45) is 11.1 Å². The molecule has 0 amide bonds. The van der Waals surface area contributed by atoms with Gasteiger partial charge in [0.05, 0.1) is 24.7 Å². The molecule has 3 N–H and O–H groups in total. The summed E-state index contributed by atoms with van der Waals surface area (Å²) in [6.07, 6.45) is 3.45. The molecule has 1 atom stereocenters. The summed E-state index contributed by atoms with van der Waals surface area (Å²) in [7, 11) is 1.38. The Hall–Kier alpha value is -2.68. The Bertz CT molecular complexity index is 1040. The molecule has 9 heteroatoms. The quantitative estimate of drug-likeness (QED) is 0.763. The minimum atomic E-state index is -1.36. The second-order valence-corrected chi connectivity index (χ2v) is 7.96. The van der Waals surface area contributed by atoms with Crippen molar-refractivity contribution < 1.29 is 23.4 Å². The fourth-order valence-corrected chi connectivity index (χ4v) is 4.18. The number of aromatic nitrogens is 1. The lowest BCUT2D eigenvalue weighted by molar-refractivity contribution is 0.0695. The fourth-order valence-electron chi connectivity index (χ4n) is 4.18. The van der Waals surface area contributed by atoms with Gasteiger partial charge in [0.1, 0.15) is 11.3 Å². The molecular formula is C20H23F2N3O4. The Morgan fingerprint density at radius 2 is 2.17 bits per heavy atom. The number of carbonyl (C=O) groups is 1. The highest BCUT2D eigenvalue weighted by Crippen LogP contribution is 2.45. The predicted molar refractivity (Wildman–Crippen MR) is 104 cm³/mol. The minimum absolute atomic E-state index is 0.0240. The van der Waals surface area contributed by atoms with E-state index in [1.807, 2.05) is 0 Å². The van der Waals surface area contributed by atoms with Crippen molar-refractivity contribution in [3.05, 3.63) is 33.9 Å². The first-order valence-electron chi connectivity index (χ1n) is 9.55. The summed E-state index contributed by atoms with van der Waals surface area (Å²) in [6.45, 7) is 0.180. The number of ether oxygens (including phenoxy) is 1. The summed E-state index contributed by atoms with van der Waals surface area (Å²) in [5.74, 6) is -1.90. The van der Waals surface area contributed by atoms with Crippen LogP contribution >= 0.6 is 0 Å². The van der Waals surface area contributed by atoms with Gasteiger partial charge in [-0.05, 0) is 25.3 Å². The zero-order valence-electron chi connectivity index (χ0n) is 16.1. The number of alkyl halides is 1. The van der Waals surface area contributed by atoms with Gasteiger partial charge in [0.15, 0.2) is 11.6 Å². The van der Waals surface area contributed by atoms with Gasteiger partial charge in [-0.1, -0.05) is 0 Å². The van der Waals surface area contributed by atoms with E-state index in [9.17, 15) is 19.1 Å². The van der Waals surface area contributed by atoms with E-state index in [0.717, 1.165) is 18.9 Å². The molecule has 2 aromatic rings. The molecule has 0 radical (unpaired) electrons. The lowest BCUT2D eigenvalue weighted by atomic mass is 9.89. The van der Waals surface area contributed by atoms with Gasteiger partial charge < -0.3 is 25.0 Å². The summed E-state index contributed by atoms with van der Waals surface area (Å²) >= 11 is 0. The summed E-state index contributed by atoms with van der Waals surface area (Å²) in [6, 6.07) is 1.09. The number of hydrogen-bond donors (Lipinski definition) is 2. The van der Waals surface area contributed by atoms with E-state index in [2.05, 4.69) is 0 Å². The maximum absolute atomic E-state index is 15.2. The average molecular weight is 407 g/mol. The van der Waals surface area contributed by atoms with Crippen LogP contribution < -0.4 is 20.8 Å². The molecule has 1 saturated carbocycles. The van der Waals surface area contributed by atoms with Gasteiger partial charge in [0, 0.05) is 37.3 Å². The van der Waals surface area contributed by atoms with Crippen molar-refractivity contribution >= 4 is 22.6 Å². The molecule has 0 bridgehead atoms. The molecule has 1 aliphatic carbocycles. The number of nitrogens with zero attached hydrogens (tertiary/aromatic N) is 2. The Morgan fingerprint density at radius 1 is 1.45 bits per heavy atom. The van der Waals surface area contributed by atoms with Crippen LogP contribution in [0.15, 0.2) is 17.1 Å². The Labute approximate surface area is 165 Å². The maximum atomic E-state index is 15.2. The molecule has 2 fully saturated rings. The number of anilines is 1. The van der Waals surface area contributed by atoms with Gasteiger partial charge in [0.25, 0.3) is 0 Å². The monoisotopic (exact) mass is 407 g/mol. The molecule has 0 spiro atoms. The molecule has 1 aromatic heterocycles. The lowest BCUT2D eigenvalue weighted by Crippen LogP contribution is -2.36. The number of hydrogen-bond acceptors (Lipinski definition) is 5. The fraction of sp³-hybridized carbons (Fsp3) is 0.500. The van der Waals surface area contributed by atoms with Gasteiger partial charge in [0.2, 0.25) is 5.43 Å². The number of fused-ring (bicyclic) bond motifs is 1. The second-order valence-electron chi connectivity index (χ2n) is 7.96. The number of carboxylic acids is 1. The molecule has 2 aliphatic rings. The summed E-state index contributed by atoms with van der Waals surface area (Å²) in [5, 5.41) is 9.36. The number of nitrogens with two attached hydrogens (primary N) is 1. The molecule has 4 rings (SSSR count). The van der Waals surface area contributed by atoms with E-state index in [0.29, 0.717) is 18.5 Å². The van der Waals surface area contributed by atoms with E-state index in [4.69, 9.17) is 10.5 Å². The Morgan fingerprint density at radius 3 is 2.69 bits per heavy atom. The van der Waals surface area contributed by atoms with Gasteiger partial charge >= 0.3 is 5.97 Å². The summed E-state index contributed by atoms with van der Waals surface area (Å²) in [5.41, 5.74) is 4.39. The smallest absolute Gasteiger partial charge is 0.341 e. The SMILES string of the molecule is COc1c(N2CC[C@](CN)(CF)C2)c(F)cc2c(=O)c(C(=O)O)cn(C3CC3)c12. The average Bonchev–Trinajstić information content (AvgIpc) is 3.46. The van der Waals surface area contributed by atoms with E-state index in [1.54, 1.807) is 9.47 Å². The van der Waals surface area contributed by atoms with Crippen molar-refractivity contribution in [2.75, 3.05) is 38.3 Å². The van der Waals surface area contributed by atoms with E-state index >= 15 is 4.39 Å². The predicted octanol–water partition coefficient (Wildman–Crippen LogP) is 2.31. The van der Waals surface area contributed by atoms with Crippen molar-refractivity contribution in [3.63, 3.8) is 0 Å². The molecule has 0 unspecified atom stereocenters. The summed E-state index contributed by atoms with van der Waals surface area (Å²) < 4.78 is 36.0. The first-order valence-corrected chi connectivity index (χ1v) is 9.55. The molecule has 29 heavy (non-hydrogen) atoms. The summed E-state index contributed by atoms with van der Waals surface area (Å²) in [4.78, 5) is 25.9. The van der Waals surface area contributed by atoms with Crippen molar-refractivity contribution in [3.8, 4) is 5.75 Å². The first kappa shape index (κ1) is 19.6. The number of halogens is 2. The maximum Gasteiger partial charge on any atom is 0.341 e. The number of benzene rings is 1. The standard InChI is InChI=1S/C20H23F2N3O4/c1-29-18-15-12(17(26)13(19(27)28)7-25(15)11-2-3-11)6-14(22)16(18)24-5-4-20(8-21,9-23)10-24/h6-7,11H,2-5,8-10,23H2,1H3,(H,27,28)/t20-/m1/s1. The van der Waals surface area contributed by atoms with Crippen LogP contribution in [0.1, 0.15) is 35.7 Å². The number of aromatic carboxylic acids is 1. The molecule has 1 saturated heterocycles. The number of methoxy groups -OCH3 is 1. The van der Waals surface area contributed by atoms with Crippen LogP contribution in [0.3, 0.4) is 0 Å². The van der Waals surface area contributed by atoms with E-state index in [-0.39, 0.29) is 36.0 Å². The third kappa shape index (κ3) is 3.04. The highest BCUT2D eigenvalue weighted by molar-refractivity contribution is 5.97. The molecule has 7 nitrogen and oxygen atoms in total. The molecule has 1 aromatic carbocycles. The Balaban J connectivity index is 1.97. The molecule has 2 heterocycles. The normalized spacial score (nSPS) is 21.7. The van der Waals surface area contributed by atoms with Gasteiger partial charge in [-0.3, -0.25) is 9.18 Å². The van der Waals surface area contributed by atoms with Crippen LogP contribution in [0.4, 0.5) is 14.5 Å². The zero-order valence-corrected chi connectivity index (χ0v) is 16.1. The third-order valence-corrected chi connectivity index (χ3v) is 6.04. The van der Waals surface area contributed by atoms with Crippen molar-refractivity contribution in [1.82, 2.24) is 4.57 Å². The van der Waals surface area contributed by atoms with Crippen LogP contribution in [0.25, 0.3) is 10.9 Å².